The zero-order chi connectivity index (χ0) is 7.56. The fraction of sp³-hybridized carbons (Fsp3) is 0.167. The smallest absolute Gasteiger partial charge is 0.128 e. The number of methoxy groups -OCH3 is 1. The minimum atomic E-state index is 0.450. The second kappa shape index (κ2) is 2.88. The molecular formula is C6H7BrN2O. The summed E-state index contributed by atoms with van der Waals surface area (Å²) in [5.74, 6) is 1.16. The Kier molecular flexibility index (Phi) is 2.11. The van der Waals surface area contributed by atoms with Crippen LogP contribution in [0.2, 0.25) is 0 Å². The molecule has 0 atom stereocenters. The van der Waals surface area contributed by atoms with Gasteiger partial charge in [0.1, 0.15) is 16.2 Å². The van der Waals surface area contributed by atoms with Gasteiger partial charge < -0.3 is 10.5 Å². The highest BCUT2D eigenvalue weighted by Crippen LogP contribution is 2.18. The van der Waals surface area contributed by atoms with E-state index in [1.54, 1.807) is 19.2 Å². The molecule has 1 heterocycles. The number of rotatable bonds is 1. The quantitative estimate of drug-likeness (QED) is 0.702. The van der Waals surface area contributed by atoms with Gasteiger partial charge in [-0.25, -0.2) is 4.98 Å². The predicted molar refractivity (Wildman–Crippen MR) is 42.9 cm³/mol. The molecule has 0 radical (unpaired) electrons. The summed E-state index contributed by atoms with van der Waals surface area (Å²) in [6.45, 7) is 0. The SMILES string of the molecule is COc1cc(N)nc(Br)c1. The van der Waals surface area contributed by atoms with Crippen LogP contribution in [-0.2, 0) is 0 Å². The van der Waals surface area contributed by atoms with E-state index < -0.39 is 0 Å². The molecule has 10 heavy (non-hydrogen) atoms. The lowest BCUT2D eigenvalue weighted by molar-refractivity contribution is 0.414. The van der Waals surface area contributed by atoms with E-state index in [-0.39, 0.29) is 0 Å². The number of aromatic nitrogens is 1. The molecule has 1 aromatic heterocycles. The summed E-state index contributed by atoms with van der Waals surface area (Å²) in [4.78, 5) is 3.90. The van der Waals surface area contributed by atoms with Crippen molar-refractivity contribution in [1.82, 2.24) is 4.98 Å². The number of nitrogens with two attached hydrogens (primary N) is 1. The Balaban J connectivity index is 3.06. The van der Waals surface area contributed by atoms with Gasteiger partial charge in [0.05, 0.1) is 7.11 Å². The molecular weight excluding hydrogens is 196 g/mol. The van der Waals surface area contributed by atoms with Crippen molar-refractivity contribution in [2.45, 2.75) is 0 Å². The van der Waals surface area contributed by atoms with E-state index in [2.05, 4.69) is 20.9 Å². The molecule has 0 saturated heterocycles. The summed E-state index contributed by atoms with van der Waals surface area (Å²) in [7, 11) is 1.58. The number of anilines is 1. The van der Waals surface area contributed by atoms with Gasteiger partial charge in [-0.2, -0.15) is 0 Å². The summed E-state index contributed by atoms with van der Waals surface area (Å²) in [5.41, 5.74) is 5.41. The lowest BCUT2D eigenvalue weighted by Crippen LogP contribution is -1.91. The van der Waals surface area contributed by atoms with Crippen LogP contribution in [0.3, 0.4) is 0 Å². The molecule has 0 fully saturated rings. The molecule has 0 aliphatic carbocycles. The Bertz CT molecular complexity index is 219. The average molecular weight is 203 g/mol. The first kappa shape index (κ1) is 7.34. The van der Waals surface area contributed by atoms with Crippen molar-refractivity contribution in [2.24, 2.45) is 0 Å². The Morgan fingerprint density at radius 2 is 2.30 bits per heavy atom. The van der Waals surface area contributed by atoms with Crippen molar-refractivity contribution in [2.75, 3.05) is 12.8 Å². The Labute approximate surface area is 67.3 Å². The van der Waals surface area contributed by atoms with Crippen LogP contribution >= 0.6 is 15.9 Å². The van der Waals surface area contributed by atoms with Crippen molar-refractivity contribution in [3.05, 3.63) is 16.7 Å². The number of hydrogen-bond acceptors (Lipinski definition) is 3. The number of nitrogens with zero attached hydrogens (tertiary/aromatic N) is 1. The first-order valence-electron chi connectivity index (χ1n) is 2.69. The largest absolute Gasteiger partial charge is 0.497 e. The molecule has 1 rings (SSSR count). The molecule has 1 aromatic rings. The maximum absolute atomic E-state index is 5.41. The van der Waals surface area contributed by atoms with Crippen molar-refractivity contribution in [1.29, 1.82) is 0 Å². The van der Waals surface area contributed by atoms with Crippen LogP contribution in [0.5, 0.6) is 5.75 Å². The van der Waals surface area contributed by atoms with E-state index in [9.17, 15) is 0 Å². The molecule has 4 heteroatoms. The zero-order valence-electron chi connectivity index (χ0n) is 5.47. The highest BCUT2D eigenvalue weighted by Gasteiger charge is 1.95. The van der Waals surface area contributed by atoms with E-state index in [1.807, 2.05) is 0 Å². The molecule has 0 spiro atoms. The molecule has 0 aliphatic heterocycles. The molecule has 2 N–H and O–H groups in total. The summed E-state index contributed by atoms with van der Waals surface area (Å²) < 4.78 is 5.61. The number of halogens is 1. The third-order valence-corrected chi connectivity index (χ3v) is 1.43. The maximum Gasteiger partial charge on any atom is 0.128 e. The van der Waals surface area contributed by atoms with E-state index in [0.29, 0.717) is 16.2 Å². The lowest BCUT2D eigenvalue weighted by Gasteiger charge is -1.99. The third-order valence-electron chi connectivity index (χ3n) is 1.02. The van der Waals surface area contributed by atoms with Crippen LogP contribution in [0.15, 0.2) is 16.7 Å². The first-order chi connectivity index (χ1) is 4.72. The van der Waals surface area contributed by atoms with Crippen molar-refractivity contribution in [3.8, 4) is 5.75 Å². The second-order valence-corrected chi connectivity index (χ2v) is 2.57. The maximum atomic E-state index is 5.41. The number of ether oxygens (including phenoxy) is 1. The molecule has 0 amide bonds. The van der Waals surface area contributed by atoms with Crippen LogP contribution in [0.4, 0.5) is 5.82 Å². The van der Waals surface area contributed by atoms with E-state index in [1.165, 1.54) is 0 Å². The summed E-state index contributed by atoms with van der Waals surface area (Å²) in [6, 6.07) is 3.40. The zero-order valence-corrected chi connectivity index (χ0v) is 7.05. The third kappa shape index (κ3) is 1.60. The number of hydrogen-bond donors (Lipinski definition) is 1. The highest BCUT2D eigenvalue weighted by atomic mass is 79.9. The summed E-state index contributed by atoms with van der Waals surface area (Å²) in [5, 5.41) is 0. The van der Waals surface area contributed by atoms with Crippen molar-refractivity contribution >= 4 is 21.7 Å². The van der Waals surface area contributed by atoms with E-state index in [4.69, 9.17) is 10.5 Å². The summed E-state index contributed by atoms with van der Waals surface area (Å²) in [6.07, 6.45) is 0. The van der Waals surface area contributed by atoms with Crippen LogP contribution in [-0.4, -0.2) is 12.1 Å². The molecule has 54 valence electrons. The van der Waals surface area contributed by atoms with Gasteiger partial charge in [0.2, 0.25) is 0 Å². The molecule has 0 saturated carbocycles. The fourth-order valence-corrected chi connectivity index (χ4v) is 1.04. The highest BCUT2D eigenvalue weighted by molar-refractivity contribution is 9.10. The molecule has 0 unspecified atom stereocenters. The van der Waals surface area contributed by atoms with Gasteiger partial charge in [-0.3, -0.25) is 0 Å². The monoisotopic (exact) mass is 202 g/mol. The minimum Gasteiger partial charge on any atom is -0.497 e. The van der Waals surface area contributed by atoms with Crippen LogP contribution in [0.25, 0.3) is 0 Å². The molecule has 0 aliphatic rings. The normalized spacial score (nSPS) is 9.40. The Hall–Kier alpha value is -0.770. The van der Waals surface area contributed by atoms with Gasteiger partial charge in [-0.05, 0) is 15.9 Å². The Morgan fingerprint density at radius 3 is 2.80 bits per heavy atom. The first-order valence-corrected chi connectivity index (χ1v) is 3.48. The fourth-order valence-electron chi connectivity index (χ4n) is 0.611. The predicted octanol–water partition coefficient (Wildman–Crippen LogP) is 1.43. The minimum absolute atomic E-state index is 0.450. The standard InChI is InChI=1S/C6H7BrN2O/c1-10-4-2-5(7)9-6(8)3-4/h2-3H,1H3,(H2,8,9). The topological polar surface area (TPSA) is 48.1 Å². The van der Waals surface area contributed by atoms with Gasteiger partial charge in [0, 0.05) is 12.1 Å². The van der Waals surface area contributed by atoms with Gasteiger partial charge in [0.25, 0.3) is 0 Å². The molecule has 0 aromatic carbocycles. The van der Waals surface area contributed by atoms with Crippen LogP contribution in [0.1, 0.15) is 0 Å². The summed E-state index contributed by atoms with van der Waals surface area (Å²) >= 11 is 3.18. The van der Waals surface area contributed by atoms with Gasteiger partial charge in [0.15, 0.2) is 0 Å². The molecule has 3 nitrogen and oxygen atoms in total. The van der Waals surface area contributed by atoms with Gasteiger partial charge in [-0.1, -0.05) is 0 Å². The molecule has 0 bridgehead atoms. The van der Waals surface area contributed by atoms with Crippen molar-refractivity contribution in [3.63, 3.8) is 0 Å². The van der Waals surface area contributed by atoms with E-state index in [0.717, 1.165) is 0 Å². The second-order valence-electron chi connectivity index (χ2n) is 1.75. The average Bonchev–Trinajstić information content (AvgIpc) is 1.85. The van der Waals surface area contributed by atoms with Gasteiger partial charge in [-0.15, -0.1) is 0 Å². The lowest BCUT2D eigenvalue weighted by atomic mass is 10.4. The number of nitrogen functional groups attached to an aromatic ring is 1. The van der Waals surface area contributed by atoms with Crippen molar-refractivity contribution < 1.29 is 4.74 Å². The van der Waals surface area contributed by atoms with Gasteiger partial charge >= 0.3 is 0 Å². The van der Waals surface area contributed by atoms with Crippen LogP contribution < -0.4 is 10.5 Å². The number of pyridine rings is 1. The Morgan fingerprint density at radius 1 is 1.60 bits per heavy atom. The van der Waals surface area contributed by atoms with Crippen LogP contribution in [0, 0.1) is 0 Å². The van der Waals surface area contributed by atoms with E-state index >= 15 is 0 Å².